The number of fused-ring (bicyclic) bond motifs is 2. The topological polar surface area (TPSA) is 94.8 Å². The molecule has 1 N–H and O–H groups in total. The van der Waals surface area contributed by atoms with Crippen LogP contribution in [0.3, 0.4) is 0 Å². The van der Waals surface area contributed by atoms with Crippen LogP contribution in [-0.4, -0.2) is 37.5 Å². The van der Waals surface area contributed by atoms with Crippen LogP contribution in [0.4, 0.5) is 0 Å². The lowest BCUT2D eigenvalue weighted by atomic mass is 9.93. The Morgan fingerprint density at radius 1 is 0.950 bits per heavy atom. The predicted octanol–water partition coefficient (Wildman–Crippen LogP) is 5.60. The van der Waals surface area contributed by atoms with Gasteiger partial charge in [0.25, 0.3) is 5.56 Å². The van der Waals surface area contributed by atoms with Gasteiger partial charge in [-0.1, -0.05) is 54.1 Å². The summed E-state index contributed by atoms with van der Waals surface area (Å²) in [6.07, 6.45) is 3.25. The maximum absolute atomic E-state index is 13.7. The molecule has 0 saturated carbocycles. The number of benzene rings is 3. The van der Waals surface area contributed by atoms with Crippen molar-refractivity contribution >= 4 is 33.3 Å². The maximum atomic E-state index is 13.7. The van der Waals surface area contributed by atoms with Gasteiger partial charge in [-0.3, -0.25) is 14.5 Å². The van der Waals surface area contributed by atoms with E-state index in [2.05, 4.69) is 16.9 Å². The molecule has 1 aliphatic rings. The third-order valence-electron chi connectivity index (χ3n) is 7.65. The molecule has 0 atom stereocenters. The summed E-state index contributed by atoms with van der Waals surface area (Å²) in [7, 11) is 0. The van der Waals surface area contributed by atoms with Gasteiger partial charge < -0.3 is 9.72 Å². The molecule has 0 radical (unpaired) electrons. The third-order valence-corrected chi connectivity index (χ3v) is 7.96. The smallest absolute Gasteiger partial charge is 0.333 e. The van der Waals surface area contributed by atoms with E-state index in [1.54, 1.807) is 12.3 Å². The van der Waals surface area contributed by atoms with Gasteiger partial charge in [0.2, 0.25) is 0 Å². The molecule has 1 saturated heterocycles. The molecule has 40 heavy (non-hydrogen) atoms. The van der Waals surface area contributed by atoms with Crippen LogP contribution in [-0.2, 0) is 4.74 Å². The first kappa shape index (κ1) is 24.5. The zero-order chi connectivity index (χ0) is 27.5. The lowest BCUT2D eigenvalue weighted by molar-refractivity contribution is -0.0295. The van der Waals surface area contributed by atoms with Gasteiger partial charge in [0.05, 0.1) is 47.7 Å². The van der Waals surface area contributed by atoms with E-state index in [4.69, 9.17) is 21.4 Å². The second-order valence-electron chi connectivity index (χ2n) is 10.1. The lowest BCUT2D eigenvalue weighted by Crippen LogP contribution is -2.33. The van der Waals surface area contributed by atoms with Gasteiger partial charge in [-0.15, -0.1) is 0 Å². The van der Waals surface area contributed by atoms with Crippen molar-refractivity contribution in [1.82, 2.24) is 24.3 Å². The molecule has 0 spiro atoms. The molecule has 3 aromatic carbocycles. The number of hydrogen-bond acceptors (Lipinski definition) is 5. The highest BCUT2D eigenvalue weighted by atomic mass is 35.5. The number of aromatic amines is 1. The van der Waals surface area contributed by atoms with E-state index in [0.717, 1.165) is 49.0 Å². The van der Waals surface area contributed by atoms with E-state index in [9.17, 15) is 9.59 Å². The van der Waals surface area contributed by atoms with Crippen molar-refractivity contribution in [1.29, 1.82) is 0 Å². The van der Waals surface area contributed by atoms with Crippen LogP contribution < -0.4 is 11.2 Å². The molecule has 1 fully saturated rings. The first-order chi connectivity index (χ1) is 19.4. The largest absolute Gasteiger partial charge is 0.377 e. The summed E-state index contributed by atoms with van der Waals surface area (Å²) in [5.74, 6) is 0. The van der Waals surface area contributed by atoms with Crippen LogP contribution in [0.5, 0.6) is 0 Å². The molecule has 3 aromatic heterocycles. The van der Waals surface area contributed by atoms with Crippen LogP contribution in [0.15, 0.2) is 82.6 Å². The molecular weight excluding hydrogens is 526 g/mol. The highest BCUT2D eigenvalue weighted by Gasteiger charge is 2.27. The number of nitrogens with one attached hydrogen (secondary N) is 1. The fourth-order valence-corrected chi connectivity index (χ4v) is 5.95. The summed E-state index contributed by atoms with van der Waals surface area (Å²) >= 11 is 6.81. The second-order valence-corrected chi connectivity index (χ2v) is 10.5. The van der Waals surface area contributed by atoms with E-state index >= 15 is 0 Å². The van der Waals surface area contributed by atoms with Gasteiger partial charge >= 0.3 is 5.69 Å². The summed E-state index contributed by atoms with van der Waals surface area (Å²) in [5, 5.41) is 7.36. The van der Waals surface area contributed by atoms with Crippen molar-refractivity contribution in [3.05, 3.63) is 110 Å². The molecule has 9 heteroatoms. The molecule has 0 amide bonds. The number of H-pyrrole nitrogens is 1. The molecule has 8 nitrogen and oxygen atoms in total. The van der Waals surface area contributed by atoms with Gasteiger partial charge in [0.1, 0.15) is 0 Å². The SMILES string of the molecule is Cc1nn(C2COC2)c(C)c1-c1cccc(Cl)c1-c1ccc2c(=O)n(-c3cncc4ccccc34)c(=O)[nH]c2c1. The summed E-state index contributed by atoms with van der Waals surface area (Å²) in [4.78, 5) is 34.1. The predicted molar refractivity (Wildman–Crippen MR) is 156 cm³/mol. The monoisotopic (exact) mass is 549 g/mol. The molecule has 198 valence electrons. The van der Waals surface area contributed by atoms with Gasteiger partial charge in [0, 0.05) is 38.8 Å². The number of ether oxygens (including phenoxy) is 1. The third kappa shape index (κ3) is 3.71. The average molecular weight is 550 g/mol. The number of pyridine rings is 1. The molecule has 1 aliphatic heterocycles. The number of nitrogens with zero attached hydrogens (tertiary/aromatic N) is 4. The quantitative estimate of drug-likeness (QED) is 0.309. The lowest BCUT2D eigenvalue weighted by Gasteiger charge is -2.27. The average Bonchev–Trinajstić information content (AvgIpc) is 3.20. The van der Waals surface area contributed by atoms with Gasteiger partial charge in [-0.2, -0.15) is 5.10 Å². The fourth-order valence-electron chi connectivity index (χ4n) is 5.67. The first-order valence-corrected chi connectivity index (χ1v) is 13.3. The van der Waals surface area contributed by atoms with E-state index in [0.29, 0.717) is 34.8 Å². The van der Waals surface area contributed by atoms with Crippen LogP contribution in [0.1, 0.15) is 17.4 Å². The number of hydrogen-bond donors (Lipinski definition) is 1. The minimum Gasteiger partial charge on any atom is -0.377 e. The van der Waals surface area contributed by atoms with E-state index < -0.39 is 11.2 Å². The van der Waals surface area contributed by atoms with Crippen LogP contribution in [0, 0.1) is 13.8 Å². The highest BCUT2D eigenvalue weighted by Crippen LogP contribution is 2.41. The van der Waals surface area contributed by atoms with Crippen molar-refractivity contribution in [3.63, 3.8) is 0 Å². The minimum absolute atomic E-state index is 0.222. The van der Waals surface area contributed by atoms with Gasteiger partial charge in [-0.25, -0.2) is 9.36 Å². The van der Waals surface area contributed by atoms with Crippen LogP contribution >= 0.6 is 11.6 Å². The molecule has 0 bridgehead atoms. The molecule has 4 heterocycles. The van der Waals surface area contributed by atoms with Crippen molar-refractivity contribution < 1.29 is 4.74 Å². The van der Waals surface area contributed by atoms with Gasteiger partial charge in [-0.05, 0) is 43.2 Å². The van der Waals surface area contributed by atoms with Crippen molar-refractivity contribution in [2.24, 2.45) is 0 Å². The molecule has 7 rings (SSSR count). The minimum atomic E-state index is -0.539. The Labute approximate surface area is 233 Å². The standard InChI is InChI=1S/C31H24ClN5O3/c1-17-28(18(2)37(35-17)21-15-40-16-21)24-8-5-9-25(32)29(24)19-10-11-23-26(12-19)34-31(39)36(30(23)38)27-14-33-13-20-6-3-4-7-22(20)27/h3-14,21H,15-16H2,1-2H3,(H,34,39). The van der Waals surface area contributed by atoms with Crippen LogP contribution in [0.25, 0.3) is 49.6 Å². The summed E-state index contributed by atoms with van der Waals surface area (Å²) in [6.45, 7) is 5.34. The van der Waals surface area contributed by atoms with Crippen molar-refractivity contribution in [3.8, 4) is 27.9 Å². The number of aryl methyl sites for hydroxylation is 1. The second kappa shape index (κ2) is 9.29. The van der Waals surface area contributed by atoms with E-state index in [1.807, 2.05) is 66.2 Å². The number of rotatable bonds is 4. The molecule has 6 aromatic rings. The molecule has 0 unspecified atom stereocenters. The van der Waals surface area contributed by atoms with Gasteiger partial charge in [0.15, 0.2) is 0 Å². The zero-order valence-electron chi connectivity index (χ0n) is 21.8. The Morgan fingerprint density at radius 3 is 2.58 bits per heavy atom. The van der Waals surface area contributed by atoms with E-state index in [-0.39, 0.29) is 6.04 Å². The van der Waals surface area contributed by atoms with Crippen molar-refractivity contribution in [2.75, 3.05) is 13.2 Å². The Kier molecular flexibility index (Phi) is 5.69. The molecular formula is C31H24ClN5O3. The Bertz CT molecular complexity index is 2080. The van der Waals surface area contributed by atoms with E-state index in [1.165, 1.54) is 6.20 Å². The molecule has 0 aliphatic carbocycles. The summed E-state index contributed by atoms with van der Waals surface area (Å²) in [6, 6.07) is 18.9. The first-order valence-electron chi connectivity index (χ1n) is 13.0. The van der Waals surface area contributed by atoms with Crippen molar-refractivity contribution in [2.45, 2.75) is 19.9 Å². The normalized spacial score (nSPS) is 13.7. The Balaban J connectivity index is 1.41. The Hall–Kier alpha value is -4.53. The Morgan fingerprint density at radius 2 is 1.77 bits per heavy atom. The maximum Gasteiger partial charge on any atom is 0.333 e. The highest BCUT2D eigenvalue weighted by molar-refractivity contribution is 6.34. The summed E-state index contributed by atoms with van der Waals surface area (Å²) in [5.41, 5.74) is 5.38. The summed E-state index contributed by atoms with van der Waals surface area (Å²) < 4.78 is 8.56. The zero-order valence-corrected chi connectivity index (χ0v) is 22.6. The number of aromatic nitrogens is 5. The fraction of sp³-hybridized carbons (Fsp3) is 0.161. The van der Waals surface area contributed by atoms with Crippen LogP contribution in [0.2, 0.25) is 5.02 Å². The number of halogens is 1.